The molecule has 1 unspecified atom stereocenters. The Morgan fingerprint density at radius 2 is 2.00 bits per heavy atom. The van der Waals surface area contributed by atoms with Crippen LogP contribution in [-0.4, -0.2) is 35.8 Å². The second-order valence-corrected chi connectivity index (χ2v) is 4.97. The largest absolute Gasteiger partial charge is 0.369 e. The Labute approximate surface area is 112 Å². The van der Waals surface area contributed by atoms with Crippen LogP contribution in [0.15, 0.2) is 30.3 Å². The van der Waals surface area contributed by atoms with Crippen LogP contribution < -0.4 is 11.5 Å². The minimum atomic E-state index is -0.561. The summed E-state index contributed by atoms with van der Waals surface area (Å²) in [4.78, 5) is 24.9. The van der Waals surface area contributed by atoms with E-state index in [9.17, 15) is 9.59 Å². The van der Waals surface area contributed by atoms with Crippen LogP contribution in [0.4, 0.5) is 0 Å². The average Bonchev–Trinajstić information content (AvgIpc) is 2.88. The molecule has 1 aromatic carbocycles. The Bertz CT molecular complexity index is 461. The van der Waals surface area contributed by atoms with E-state index < -0.39 is 6.04 Å². The molecule has 102 valence electrons. The van der Waals surface area contributed by atoms with Crippen LogP contribution in [0, 0.1) is 5.92 Å². The van der Waals surface area contributed by atoms with Crippen LogP contribution in [0.3, 0.4) is 0 Å². The van der Waals surface area contributed by atoms with Crippen molar-refractivity contribution in [2.24, 2.45) is 17.4 Å². The van der Waals surface area contributed by atoms with Gasteiger partial charge in [0.2, 0.25) is 11.8 Å². The fourth-order valence-corrected chi connectivity index (χ4v) is 2.38. The van der Waals surface area contributed by atoms with Crippen molar-refractivity contribution in [2.75, 3.05) is 13.1 Å². The number of primary amides is 1. The summed E-state index contributed by atoms with van der Waals surface area (Å²) in [6.45, 7) is 0.964. The standard InChI is InChI=1S/C14H19N3O2/c15-12(8-10-4-2-1-3-5-10)14(19)17-7-6-11(9-17)13(16)18/h1-5,11-12H,6-9,15H2,(H2,16,18)/t11?,12-/m0/s1. The van der Waals surface area contributed by atoms with E-state index in [4.69, 9.17) is 11.5 Å². The van der Waals surface area contributed by atoms with E-state index in [1.165, 1.54) is 0 Å². The third-order valence-corrected chi connectivity index (χ3v) is 3.52. The lowest BCUT2D eigenvalue weighted by molar-refractivity contribution is -0.131. The third kappa shape index (κ3) is 3.32. The molecule has 1 heterocycles. The highest BCUT2D eigenvalue weighted by molar-refractivity contribution is 5.84. The van der Waals surface area contributed by atoms with Gasteiger partial charge in [0.15, 0.2) is 0 Å². The van der Waals surface area contributed by atoms with E-state index in [-0.39, 0.29) is 17.7 Å². The second-order valence-electron chi connectivity index (χ2n) is 4.97. The molecule has 19 heavy (non-hydrogen) atoms. The highest BCUT2D eigenvalue weighted by Crippen LogP contribution is 2.17. The normalized spacial score (nSPS) is 20.3. The number of amides is 2. The molecule has 0 spiro atoms. The average molecular weight is 261 g/mol. The molecule has 0 bridgehead atoms. The first-order chi connectivity index (χ1) is 9.08. The molecule has 2 amide bonds. The predicted octanol–water partition coefficient (Wildman–Crippen LogP) is -0.110. The SMILES string of the molecule is NC(=O)C1CCN(C(=O)[C@@H](N)Cc2ccccc2)C1. The molecule has 5 heteroatoms. The van der Waals surface area contributed by atoms with Crippen LogP contribution in [0.1, 0.15) is 12.0 Å². The fraction of sp³-hybridized carbons (Fsp3) is 0.429. The summed E-state index contributed by atoms with van der Waals surface area (Å²) < 4.78 is 0. The summed E-state index contributed by atoms with van der Waals surface area (Å²) in [7, 11) is 0. The van der Waals surface area contributed by atoms with Crippen molar-refractivity contribution in [2.45, 2.75) is 18.9 Å². The van der Waals surface area contributed by atoms with Gasteiger partial charge in [-0.15, -0.1) is 0 Å². The van der Waals surface area contributed by atoms with Crippen LogP contribution in [-0.2, 0) is 16.0 Å². The van der Waals surface area contributed by atoms with Crippen molar-refractivity contribution in [1.82, 2.24) is 4.90 Å². The molecule has 1 saturated heterocycles. The minimum Gasteiger partial charge on any atom is -0.369 e. The smallest absolute Gasteiger partial charge is 0.239 e. The van der Waals surface area contributed by atoms with Crippen molar-refractivity contribution in [3.8, 4) is 0 Å². The molecule has 4 N–H and O–H groups in total. The number of nitrogens with zero attached hydrogens (tertiary/aromatic N) is 1. The van der Waals surface area contributed by atoms with Gasteiger partial charge in [-0.1, -0.05) is 30.3 Å². The predicted molar refractivity (Wildman–Crippen MR) is 72.0 cm³/mol. The summed E-state index contributed by atoms with van der Waals surface area (Å²) in [5.41, 5.74) is 12.2. The molecular weight excluding hydrogens is 242 g/mol. The topological polar surface area (TPSA) is 89.4 Å². The molecule has 1 aliphatic heterocycles. The summed E-state index contributed by atoms with van der Waals surface area (Å²) in [6.07, 6.45) is 1.15. The summed E-state index contributed by atoms with van der Waals surface area (Å²) in [5, 5.41) is 0. The highest BCUT2D eigenvalue weighted by atomic mass is 16.2. The first kappa shape index (κ1) is 13.5. The molecule has 0 radical (unpaired) electrons. The number of rotatable bonds is 4. The van der Waals surface area contributed by atoms with Gasteiger partial charge in [-0.3, -0.25) is 9.59 Å². The zero-order valence-corrected chi connectivity index (χ0v) is 10.8. The number of benzene rings is 1. The van der Waals surface area contributed by atoms with Crippen LogP contribution >= 0.6 is 0 Å². The molecule has 2 atom stereocenters. The van der Waals surface area contributed by atoms with Gasteiger partial charge in [0.1, 0.15) is 0 Å². The van der Waals surface area contributed by atoms with Gasteiger partial charge in [0.25, 0.3) is 0 Å². The van der Waals surface area contributed by atoms with E-state index in [1.54, 1.807) is 4.90 Å². The van der Waals surface area contributed by atoms with E-state index in [0.29, 0.717) is 25.9 Å². The van der Waals surface area contributed by atoms with E-state index in [0.717, 1.165) is 5.56 Å². The molecular formula is C14H19N3O2. The summed E-state index contributed by atoms with van der Waals surface area (Å²) >= 11 is 0. The maximum atomic E-state index is 12.2. The zero-order valence-electron chi connectivity index (χ0n) is 10.8. The lowest BCUT2D eigenvalue weighted by Crippen LogP contribution is -2.44. The third-order valence-electron chi connectivity index (χ3n) is 3.52. The van der Waals surface area contributed by atoms with Crippen LogP contribution in [0.25, 0.3) is 0 Å². The number of nitrogens with two attached hydrogens (primary N) is 2. The molecule has 0 aliphatic carbocycles. The number of carbonyl (C=O) groups excluding carboxylic acids is 2. The van der Waals surface area contributed by atoms with Crippen molar-refractivity contribution >= 4 is 11.8 Å². The minimum absolute atomic E-state index is 0.104. The Kier molecular flexibility index (Phi) is 4.16. The van der Waals surface area contributed by atoms with E-state index in [1.807, 2.05) is 30.3 Å². The molecule has 0 saturated carbocycles. The first-order valence-electron chi connectivity index (χ1n) is 6.45. The van der Waals surface area contributed by atoms with Gasteiger partial charge in [-0.2, -0.15) is 0 Å². The molecule has 0 aromatic heterocycles. The monoisotopic (exact) mass is 261 g/mol. The molecule has 1 fully saturated rings. The number of carbonyl (C=O) groups is 2. The lowest BCUT2D eigenvalue weighted by Gasteiger charge is -2.20. The lowest BCUT2D eigenvalue weighted by atomic mass is 10.1. The quantitative estimate of drug-likeness (QED) is 0.792. The Balaban J connectivity index is 1.91. The van der Waals surface area contributed by atoms with E-state index >= 15 is 0 Å². The molecule has 1 aromatic rings. The second kappa shape index (κ2) is 5.84. The van der Waals surface area contributed by atoms with Crippen molar-refractivity contribution in [3.63, 3.8) is 0 Å². The Morgan fingerprint density at radius 1 is 1.32 bits per heavy atom. The van der Waals surface area contributed by atoms with Crippen LogP contribution in [0.5, 0.6) is 0 Å². The molecule has 1 aliphatic rings. The van der Waals surface area contributed by atoms with E-state index in [2.05, 4.69) is 0 Å². The molecule has 2 rings (SSSR count). The molecule has 5 nitrogen and oxygen atoms in total. The Hall–Kier alpha value is -1.88. The van der Waals surface area contributed by atoms with Gasteiger partial charge < -0.3 is 16.4 Å². The highest BCUT2D eigenvalue weighted by Gasteiger charge is 2.31. The fourth-order valence-electron chi connectivity index (χ4n) is 2.38. The van der Waals surface area contributed by atoms with Gasteiger partial charge in [-0.25, -0.2) is 0 Å². The van der Waals surface area contributed by atoms with Gasteiger partial charge in [0.05, 0.1) is 12.0 Å². The van der Waals surface area contributed by atoms with Crippen molar-refractivity contribution in [3.05, 3.63) is 35.9 Å². The van der Waals surface area contributed by atoms with Crippen molar-refractivity contribution < 1.29 is 9.59 Å². The van der Waals surface area contributed by atoms with Crippen LogP contribution in [0.2, 0.25) is 0 Å². The van der Waals surface area contributed by atoms with Gasteiger partial charge in [0, 0.05) is 13.1 Å². The number of hydrogen-bond donors (Lipinski definition) is 2. The number of likely N-dealkylation sites (tertiary alicyclic amines) is 1. The summed E-state index contributed by atoms with van der Waals surface area (Å²) in [6, 6.07) is 9.10. The number of hydrogen-bond acceptors (Lipinski definition) is 3. The van der Waals surface area contributed by atoms with Crippen molar-refractivity contribution in [1.29, 1.82) is 0 Å². The maximum Gasteiger partial charge on any atom is 0.239 e. The first-order valence-corrected chi connectivity index (χ1v) is 6.45. The van der Waals surface area contributed by atoms with Gasteiger partial charge in [-0.05, 0) is 18.4 Å². The summed E-state index contributed by atoms with van der Waals surface area (Å²) in [5.74, 6) is -0.674. The maximum absolute atomic E-state index is 12.2. The zero-order chi connectivity index (χ0) is 13.8. The van der Waals surface area contributed by atoms with Gasteiger partial charge >= 0.3 is 0 Å². The Morgan fingerprint density at radius 3 is 2.58 bits per heavy atom.